The molecule has 0 spiro atoms. The first-order chi connectivity index (χ1) is 15.2. The lowest BCUT2D eigenvalue weighted by atomic mass is 10.1. The minimum Gasteiger partial charge on any atom is -0.427 e. The molecule has 0 bridgehead atoms. The number of hydrogen-bond acceptors (Lipinski definition) is 4. The van der Waals surface area contributed by atoms with Gasteiger partial charge in [0.1, 0.15) is 5.75 Å². The Morgan fingerprint density at radius 1 is 0.875 bits per heavy atom. The van der Waals surface area contributed by atoms with Gasteiger partial charge in [0.05, 0.1) is 5.56 Å². The van der Waals surface area contributed by atoms with Crippen LogP contribution in [-0.4, -0.2) is 17.8 Å². The fourth-order valence-electron chi connectivity index (χ4n) is 2.75. The molecule has 164 valence electrons. The second-order valence-electron chi connectivity index (χ2n) is 6.68. The molecule has 0 aliphatic rings. The van der Waals surface area contributed by atoms with Crippen LogP contribution >= 0.6 is 0 Å². The summed E-state index contributed by atoms with van der Waals surface area (Å²) in [5, 5.41) is 5.10. The van der Waals surface area contributed by atoms with Crippen LogP contribution in [0.1, 0.15) is 33.2 Å². The molecule has 2 N–H and O–H groups in total. The Morgan fingerprint density at radius 3 is 2.28 bits per heavy atom. The molecular weight excluding hydrogens is 425 g/mol. The largest absolute Gasteiger partial charge is 0.427 e. The lowest BCUT2D eigenvalue weighted by molar-refractivity contribution is -0.131. The van der Waals surface area contributed by atoms with Crippen molar-refractivity contribution in [3.8, 4) is 5.75 Å². The summed E-state index contributed by atoms with van der Waals surface area (Å²) in [7, 11) is 0. The average molecular weight is 442 g/mol. The number of anilines is 1. The second-order valence-corrected chi connectivity index (χ2v) is 6.68. The van der Waals surface area contributed by atoms with E-state index in [1.165, 1.54) is 13.0 Å². The van der Waals surface area contributed by atoms with Crippen LogP contribution in [0, 0.1) is 17.5 Å². The summed E-state index contributed by atoms with van der Waals surface area (Å²) in [5.74, 6) is -6.23. The highest BCUT2D eigenvalue weighted by Crippen LogP contribution is 2.17. The minimum atomic E-state index is -1.71. The molecule has 0 aliphatic carbocycles. The maximum atomic E-state index is 13.7. The Hall–Kier alpha value is -4.14. The highest BCUT2D eigenvalue weighted by molar-refractivity contribution is 6.04. The number of amides is 2. The van der Waals surface area contributed by atoms with Crippen molar-refractivity contribution in [1.82, 2.24) is 5.32 Å². The lowest BCUT2D eigenvalue weighted by Crippen LogP contribution is -2.24. The van der Waals surface area contributed by atoms with Crippen LogP contribution < -0.4 is 15.4 Å². The van der Waals surface area contributed by atoms with Crippen molar-refractivity contribution in [2.75, 3.05) is 5.32 Å². The third-order valence-electron chi connectivity index (χ3n) is 4.30. The molecule has 0 unspecified atom stereocenters. The molecule has 0 atom stereocenters. The molecule has 3 aromatic carbocycles. The maximum absolute atomic E-state index is 13.7. The highest BCUT2D eigenvalue weighted by Gasteiger charge is 2.18. The van der Waals surface area contributed by atoms with Crippen LogP contribution in [0.15, 0.2) is 60.7 Å². The van der Waals surface area contributed by atoms with E-state index in [0.29, 0.717) is 17.3 Å². The minimum absolute atomic E-state index is 0.00404. The Bertz CT molecular complexity index is 1180. The first-order valence-corrected chi connectivity index (χ1v) is 9.35. The van der Waals surface area contributed by atoms with Crippen LogP contribution in [0.5, 0.6) is 5.75 Å². The zero-order valence-corrected chi connectivity index (χ0v) is 16.7. The van der Waals surface area contributed by atoms with Gasteiger partial charge in [-0.2, -0.15) is 0 Å². The molecule has 0 fully saturated rings. The SMILES string of the molecule is CC(=O)Oc1cccc(C(=O)Nc2ccc(CNC(=O)c3ccc(F)c(F)c3F)cc2)c1. The van der Waals surface area contributed by atoms with Crippen LogP contribution in [-0.2, 0) is 11.3 Å². The smallest absolute Gasteiger partial charge is 0.308 e. The number of esters is 1. The first-order valence-electron chi connectivity index (χ1n) is 9.35. The van der Waals surface area contributed by atoms with E-state index >= 15 is 0 Å². The van der Waals surface area contributed by atoms with Crippen LogP contribution in [0.2, 0.25) is 0 Å². The molecule has 6 nitrogen and oxygen atoms in total. The molecule has 9 heteroatoms. The number of benzene rings is 3. The van der Waals surface area contributed by atoms with Crippen molar-refractivity contribution < 1.29 is 32.3 Å². The predicted molar refractivity (Wildman–Crippen MR) is 110 cm³/mol. The predicted octanol–water partition coefficient (Wildman–Crippen LogP) is 4.21. The third-order valence-corrected chi connectivity index (χ3v) is 4.30. The molecule has 3 aromatic rings. The van der Waals surface area contributed by atoms with E-state index in [-0.39, 0.29) is 17.9 Å². The number of ether oxygens (including phenoxy) is 1. The summed E-state index contributed by atoms with van der Waals surface area (Å²) >= 11 is 0. The van der Waals surface area contributed by atoms with Crippen molar-refractivity contribution in [3.63, 3.8) is 0 Å². The molecule has 2 amide bonds. The standard InChI is InChI=1S/C23H17F3N2O4/c1-13(29)32-17-4-2-3-15(11-17)22(30)28-16-7-5-14(6-8-16)12-27-23(31)18-9-10-19(24)21(26)20(18)25/h2-11H,12H2,1H3,(H,27,31)(H,28,30). The third kappa shape index (κ3) is 5.51. The summed E-state index contributed by atoms with van der Waals surface area (Å²) in [6.07, 6.45) is 0. The number of hydrogen-bond donors (Lipinski definition) is 2. The van der Waals surface area contributed by atoms with Gasteiger partial charge in [0.15, 0.2) is 17.5 Å². The Labute approximate surface area is 181 Å². The second kappa shape index (κ2) is 9.78. The number of carbonyl (C=O) groups is 3. The highest BCUT2D eigenvalue weighted by atomic mass is 19.2. The van der Waals surface area contributed by atoms with Crippen LogP contribution in [0.4, 0.5) is 18.9 Å². The van der Waals surface area contributed by atoms with E-state index in [2.05, 4.69) is 10.6 Å². The Balaban J connectivity index is 1.59. The number of rotatable bonds is 6. The molecule has 0 saturated carbocycles. The van der Waals surface area contributed by atoms with Gasteiger partial charge < -0.3 is 15.4 Å². The van der Waals surface area contributed by atoms with Gasteiger partial charge in [0.2, 0.25) is 0 Å². The fraction of sp³-hybridized carbons (Fsp3) is 0.0870. The summed E-state index contributed by atoms with van der Waals surface area (Å²) < 4.78 is 44.9. The summed E-state index contributed by atoms with van der Waals surface area (Å²) in [5.41, 5.74) is 0.767. The molecule has 0 saturated heterocycles. The van der Waals surface area contributed by atoms with Gasteiger partial charge in [0.25, 0.3) is 11.8 Å². The molecule has 0 aliphatic heterocycles. The van der Waals surface area contributed by atoms with Gasteiger partial charge in [-0.3, -0.25) is 14.4 Å². The first kappa shape index (κ1) is 22.5. The van der Waals surface area contributed by atoms with Crippen LogP contribution in [0.25, 0.3) is 0 Å². The van der Waals surface area contributed by atoms with Gasteiger partial charge in [0, 0.05) is 24.7 Å². The Morgan fingerprint density at radius 2 is 1.59 bits per heavy atom. The van der Waals surface area contributed by atoms with Gasteiger partial charge in [-0.25, -0.2) is 13.2 Å². The van der Waals surface area contributed by atoms with Gasteiger partial charge >= 0.3 is 5.97 Å². The summed E-state index contributed by atoms with van der Waals surface area (Å²) in [6, 6.07) is 14.1. The monoisotopic (exact) mass is 442 g/mol. The van der Waals surface area contributed by atoms with Gasteiger partial charge in [-0.05, 0) is 48.0 Å². The Kier molecular flexibility index (Phi) is 6.89. The van der Waals surface area contributed by atoms with Crippen molar-refractivity contribution >= 4 is 23.5 Å². The zero-order valence-electron chi connectivity index (χ0n) is 16.7. The van der Waals surface area contributed by atoms with Gasteiger partial charge in [-0.15, -0.1) is 0 Å². The number of nitrogens with one attached hydrogen (secondary N) is 2. The molecule has 0 aromatic heterocycles. The van der Waals surface area contributed by atoms with E-state index < -0.39 is 40.8 Å². The van der Waals surface area contributed by atoms with Crippen molar-refractivity contribution in [3.05, 3.63) is 94.8 Å². The lowest BCUT2D eigenvalue weighted by Gasteiger charge is -2.09. The average Bonchev–Trinajstić information content (AvgIpc) is 2.76. The van der Waals surface area contributed by atoms with Crippen LogP contribution in [0.3, 0.4) is 0 Å². The maximum Gasteiger partial charge on any atom is 0.308 e. The van der Waals surface area contributed by atoms with Crippen molar-refractivity contribution in [1.29, 1.82) is 0 Å². The normalized spacial score (nSPS) is 10.4. The zero-order chi connectivity index (χ0) is 23.3. The number of carbonyl (C=O) groups excluding carboxylic acids is 3. The van der Waals surface area contributed by atoms with E-state index in [0.717, 1.165) is 6.07 Å². The van der Waals surface area contributed by atoms with Crippen molar-refractivity contribution in [2.45, 2.75) is 13.5 Å². The topological polar surface area (TPSA) is 84.5 Å². The van der Waals surface area contributed by atoms with E-state index in [1.54, 1.807) is 42.5 Å². The van der Waals surface area contributed by atoms with Gasteiger partial charge in [-0.1, -0.05) is 18.2 Å². The molecule has 0 heterocycles. The van der Waals surface area contributed by atoms with E-state index in [1.807, 2.05) is 0 Å². The summed E-state index contributed by atoms with van der Waals surface area (Å²) in [6.45, 7) is 1.25. The molecular formula is C23H17F3N2O4. The van der Waals surface area contributed by atoms with Crippen molar-refractivity contribution in [2.24, 2.45) is 0 Å². The van der Waals surface area contributed by atoms with E-state index in [4.69, 9.17) is 4.74 Å². The fourth-order valence-corrected chi connectivity index (χ4v) is 2.75. The quantitative estimate of drug-likeness (QED) is 0.340. The summed E-state index contributed by atoms with van der Waals surface area (Å²) in [4.78, 5) is 35.5. The molecule has 3 rings (SSSR count). The molecule has 0 radical (unpaired) electrons. The molecule has 32 heavy (non-hydrogen) atoms. The van der Waals surface area contributed by atoms with E-state index in [9.17, 15) is 27.6 Å². The number of halogens is 3.